The van der Waals surface area contributed by atoms with E-state index in [1.54, 1.807) is 0 Å². The monoisotopic (exact) mass is 356 g/mol. The van der Waals surface area contributed by atoms with E-state index in [1.165, 1.54) is 8.10 Å². The number of alkyl halides is 2. The molecule has 0 aliphatic carbocycles. The van der Waals surface area contributed by atoms with E-state index in [9.17, 15) is 0 Å². The van der Waals surface area contributed by atoms with Crippen LogP contribution in [0.25, 0.3) is 0 Å². The van der Waals surface area contributed by atoms with Crippen LogP contribution in [0.4, 0.5) is 0 Å². The van der Waals surface area contributed by atoms with Gasteiger partial charge in [0.15, 0.2) is 0 Å². The fourth-order valence-electron chi connectivity index (χ4n) is 0.145. The minimum atomic E-state index is -1.20. The number of rotatable bonds is 3. The van der Waals surface area contributed by atoms with E-state index in [-0.39, 0.29) is 0 Å². The maximum absolute atomic E-state index is 5.36. The summed E-state index contributed by atoms with van der Waals surface area (Å²) in [6.45, 7) is 2.26. The quantitative estimate of drug-likeness (QED) is 0.428. The van der Waals surface area contributed by atoms with E-state index < -0.39 is 8.32 Å². The molecule has 0 fully saturated rings. The second-order valence-corrected chi connectivity index (χ2v) is 10.3. The highest BCUT2D eigenvalue weighted by Gasteiger charge is 2.23. The molecule has 8 heavy (non-hydrogen) atoms. The Labute approximate surface area is 79.0 Å². The molecule has 0 radical (unpaired) electrons. The third-order valence-electron chi connectivity index (χ3n) is 1.06. The number of hydrogen-bond donors (Lipinski definition) is 0. The molecular weight excluding hydrogens is 346 g/mol. The average molecular weight is 356 g/mol. The zero-order valence-corrected chi connectivity index (χ0v) is 10.4. The standard InChI is InChI=1S/C4H10I2OSi/c1-7-8(2,3-5)4-6/h3-4H2,1-2H3. The fraction of sp³-hybridized carbons (Fsp3) is 1.00. The van der Waals surface area contributed by atoms with Crippen LogP contribution in [0.3, 0.4) is 0 Å². The first kappa shape index (κ1) is 9.64. The van der Waals surface area contributed by atoms with Crippen molar-refractivity contribution < 1.29 is 4.43 Å². The lowest BCUT2D eigenvalue weighted by molar-refractivity contribution is 0.410. The van der Waals surface area contributed by atoms with Gasteiger partial charge < -0.3 is 4.43 Å². The fourth-order valence-corrected chi connectivity index (χ4v) is 7.02. The predicted molar refractivity (Wildman–Crippen MR) is 56.4 cm³/mol. The zero-order valence-electron chi connectivity index (χ0n) is 5.08. The third-order valence-corrected chi connectivity index (χ3v) is 12.9. The van der Waals surface area contributed by atoms with Gasteiger partial charge in [-0.2, -0.15) is 0 Å². The first-order valence-electron chi connectivity index (χ1n) is 2.35. The molecule has 0 saturated heterocycles. The molecule has 0 aromatic heterocycles. The van der Waals surface area contributed by atoms with Crippen molar-refractivity contribution in [3.05, 3.63) is 0 Å². The van der Waals surface area contributed by atoms with E-state index in [4.69, 9.17) is 4.43 Å². The molecular formula is C4H10I2OSi. The Balaban J connectivity index is 3.58. The summed E-state index contributed by atoms with van der Waals surface area (Å²) in [5.41, 5.74) is 0. The van der Waals surface area contributed by atoms with E-state index in [1.807, 2.05) is 7.11 Å². The molecule has 0 bridgehead atoms. The molecule has 0 unspecified atom stereocenters. The largest absolute Gasteiger partial charge is 0.419 e. The lowest BCUT2D eigenvalue weighted by atomic mass is 11.8. The number of hydrogen-bond acceptors (Lipinski definition) is 1. The van der Waals surface area contributed by atoms with Crippen molar-refractivity contribution in [2.24, 2.45) is 0 Å². The van der Waals surface area contributed by atoms with Gasteiger partial charge in [0.25, 0.3) is 0 Å². The van der Waals surface area contributed by atoms with Crippen LogP contribution in [0, 0.1) is 0 Å². The molecule has 50 valence electrons. The molecule has 0 atom stereocenters. The van der Waals surface area contributed by atoms with Crippen LogP contribution in [0.15, 0.2) is 0 Å². The lowest BCUT2D eigenvalue weighted by Gasteiger charge is -2.18. The topological polar surface area (TPSA) is 9.23 Å². The summed E-state index contributed by atoms with van der Waals surface area (Å²) in [6, 6.07) is 0. The first-order valence-corrected chi connectivity index (χ1v) is 8.23. The van der Waals surface area contributed by atoms with Crippen molar-refractivity contribution >= 4 is 53.5 Å². The SMILES string of the molecule is CO[Si](C)(CI)CI. The molecule has 0 aliphatic rings. The van der Waals surface area contributed by atoms with Gasteiger partial charge in [-0.05, 0) is 6.55 Å². The van der Waals surface area contributed by atoms with Crippen molar-refractivity contribution in [2.45, 2.75) is 6.55 Å². The van der Waals surface area contributed by atoms with Crippen molar-refractivity contribution in [1.82, 2.24) is 0 Å². The molecule has 0 rings (SSSR count). The average Bonchev–Trinajstić information content (AvgIpc) is 1.87. The maximum Gasteiger partial charge on any atom is 0.208 e. The second-order valence-electron chi connectivity index (χ2n) is 1.92. The van der Waals surface area contributed by atoms with Crippen molar-refractivity contribution in [2.75, 3.05) is 15.2 Å². The molecule has 1 nitrogen and oxygen atoms in total. The summed E-state index contributed by atoms with van der Waals surface area (Å²) in [7, 11) is 0.625. The Morgan fingerprint density at radius 3 is 1.75 bits per heavy atom. The summed E-state index contributed by atoms with van der Waals surface area (Å²) in [4.78, 5) is 0. The molecule has 0 saturated carbocycles. The molecule has 0 spiro atoms. The van der Waals surface area contributed by atoms with Gasteiger partial charge in [0.1, 0.15) is 0 Å². The van der Waals surface area contributed by atoms with Gasteiger partial charge in [-0.15, -0.1) is 0 Å². The molecule has 0 aromatic carbocycles. The van der Waals surface area contributed by atoms with Gasteiger partial charge in [-0.1, -0.05) is 45.2 Å². The molecule has 0 heterocycles. The summed E-state index contributed by atoms with van der Waals surface area (Å²) in [6.07, 6.45) is 0. The second kappa shape index (κ2) is 4.45. The maximum atomic E-state index is 5.36. The van der Waals surface area contributed by atoms with Crippen LogP contribution < -0.4 is 0 Å². The summed E-state index contributed by atoms with van der Waals surface area (Å²) in [5, 5.41) is 0. The van der Waals surface area contributed by atoms with E-state index in [2.05, 4.69) is 51.7 Å². The van der Waals surface area contributed by atoms with E-state index >= 15 is 0 Å². The van der Waals surface area contributed by atoms with E-state index in [0.29, 0.717) is 0 Å². The van der Waals surface area contributed by atoms with Crippen LogP contribution >= 0.6 is 45.2 Å². The van der Waals surface area contributed by atoms with Gasteiger partial charge in [0.05, 0.1) is 0 Å². The molecule has 0 amide bonds. The normalized spacial score (nSPS) is 12.0. The lowest BCUT2D eigenvalue weighted by Crippen LogP contribution is -2.38. The minimum Gasteiger partial charge on any atom is -0.419 e. The molecule has 0 aromatic rings. The van der Waals surface area contributed by atoms with Gasteiger partial charge >= 0.3 is 0 Å². The zero-order chi connectivity index (χ0) is 6.62. The van der Waals surface area contributed by atoms with E-state index in [0.717, 1.165) is 0 Å². The van der Waals surface area contributed by atoms with Gasteiger partial charge in [-0.3, -0.25) is 0 Å². The smallest absolute Gasteiger partial charge is 0.208 e. The first-order chi connectivity index (χ1) is 3.68. The van der Waals surface area contributed by atoms with Crippen LogP contribution in [0.1, 0.15) is 0 Å². The third kappa shape index (κ3) is 2.97. The van der Waals surface area contributed by atoms with Crippen LogP contribution in [-0.4, -0.2) is 23.5 Å². The summed E-state index contributed by atoms with van der Waals surface area (Å²) < 4.78 is 7.76. The van der Waals surface area contributed by atoms with Crippen LogP contribution in [0.5, 0.6) is 0 Å². The molecule has 4 heteroatoms. The Morgan fingerprint density at radius 1 is 1.38 bits per heavy atom. The van der Waals surface area contributed by atoms with Gasteiger partial charge in [0, 0.05) is 15.2 Å². The van der Waals surface area contributed by atoms with Crippen LogP contribution in [0.2, 0.25) is 6.55 Å². The summed E-state index contributed by atoms with van der Waals surface area (Å²) in [5.74, 6) is 0. The predicted octanol–water partition coefficient (Wildman–Crippen LogP) is 2.16. The Bertz CT molecular complexity index is 56.8. The Hall–Kier alpha value is 1.64. The van der Waals surface area contributed by atoms with Gasteiger partial charge in [-0.25, -0.2) is 0 Å². The van der Waals surface area contributed by atoms with Crippen LogP contribution in [-0.2, 0) is 4.43 Å². The van der Waals surface area contributed by atoms with Crippen molar-refractivity contribution in [1.29, 1.82) is 0 Å². The van der Waals surface area contributed by atoms with Gasteiger partial charge in [0.2, 0.25) is 8.32 Å². The highest BCUT2D eigenvalue weighted by molar-refractivity contribution is 14.1. The van der Waals surface area contributed by atoms with Crippen molar-refractivity contribution in [3.8, 4) is 0 Å². The highest BCUT2D eigenvalue weighted by Crippen LogP contribution is 2.10. The minimum absolute atomic E-state index is 1.20. The van der Waals surface area contributed by atoms with Crippen molar-refractivity contribution in [3.63, 3.8) is 0 Å². The molecule has 0 N–H and O–H groups in total. The summed E-state index contributed by atoms with van der Waals surface area (Å²) >= 11 is 4.80. The molecule has 0 aliphatic heterocycles. The number of halogens is 2. The Kier molecular flexibility index (Phi) is 5.36. The Morgan fingerprint density at radius 2 is 1.75 bits per heavy atom. The highest BCUT2D eigenvalue weighted by atomic mass is 127.